The van der Waals surface area contributed by atoms with Gasteiger partial charge in [-0.1, -0.05) is 53.5 Å². The van der Waals surface area contributed by atoms with Crippen LogP contribution in [0.4, 0.5) is 5.82 Å². The molecule has 1 aromatic heterocycles. The number of nitrogens with one attached hydrogen (secondary N) is 2. The number of halogens is 2. The molecule has 0 unspecified atom stereocenters. The summed E-state index contributed by atoms with van der Waals surface area (Å²) < 4.78 is 1.45. The number of H-pyrrole nitrogens is 1. The van der Waals surface area contributed by atoms with Crippen LogP contribution in [0.25, 0.3) is 5.70 Å². The molecule has 8 heteroatoms. The quantitative estimate of drug-likeness (QED) is 0.631. The van der Waals surface area contributed by atoms with Crippen LogP contribution in [0.2, 0.25) is 10.0 Å². The zero-order valence-electron chi connectivity index (χ0n) is 15.8. The number of carbonyl (C=O) groups excluding carboxylic acids is 1. The summed E-state index contributed by atoms with van der Waals surface area (Å²) in [5.74, 6) is -0.558. The van der Waals surface area contributed by atoms with Crippen molar-refractivity contribution in [1.29, 1.82) is 0 Å². The van der Waals surface area contributed by atoms with Crippen molar-refractivity contribution >= 4 is 40.5 Å². The number of rotatable bonds is 2. The van der Waals surface area contributed by atoms with Crippen LogP contribution in [0.5, 0.6) is 0 Å². The van der Waals surface area contributed by atoms with E-state index in [-0.39, 0.29) is 11.3 Å². The molecule has 1 aliphatic carbocycles. The summed E-state index contributed by atoms with van der Waals surface area (Å²) in [6, 6.07) is 12.2. The predicted octanol–water partition coefficient (Wildman–Crippen LogP) is 4.03. The van der Waals surface area contributed by atoms with Crippen molar-refractivity contribution in [3.63, 3.8) is 0 Å². The van der Waals surface area contributed by atoms with Gasteiger partial charge in [0.1, 0.15) is 5.82 Å². The Balaban J connectivity index is 1.90. The minimum absolute atomic E-state index is 0.177. The van der Waals surface area contributed by atoms with Crippen molar-refractivity contribution in [3.05, 3.63) is 101 Å². The first-order valence-corrected chi connectivity index (χ1v) is 10.1. The summed E-state index contributed by atoms with van der Waals surface area (Å²) >= 11 is 12.6. The third-order valence-electron chi connectivity index (χ3n) is 5.60. The molecule has 0 fully saturated rings. The number of nitrogens with zero attached hydrogens (tertiary/aromatic N) is 1. The molecule has 6 nitrogen and oxygen atoms in total. The van der Waals surface area contributed by atoms with E-state index in [9.17, 15) is 14.4 Å². The molecule has 0 radical (unpaired) electrons. The lowest BCUT2D eigenvalue weighted by atomic mass is 9.81. The van der Waals surface area contributed by atoms with Crippen LogP contribution in [0.3, 0.4) is 0 Å². The maximum atomic E-state index is 13.4. The summed E-state index contributed by atoms with van der Waals surface area (Å²) in [5, 5.41) is 3.99. The molecule has 0 amide bonds. The lowest BCUT2D eigenvalue weighted by Gasteiger charge is -2.30. The van der Waals surface area contributed by atoms with E-state index < -0.39 is 17.2 Å². The topological polar surface area (TPSA) is 84.0 Å². The highest BCUT2D eigenvalue weighted by atomic mass is 35.5. The molecule has 2 N–H and O–H groups in total. The van der Waals surface area contributed by atoms with Gasteiger partial charge >= 0.3 is 5.69 Å². The normalized spacial score (nSPS) is 16.8. The average molecular weight is 440 g/mol. The molecule has 0 saturated heterocycles. The number of allylic oxidation sites excluding steroid dienone is 1. The molecule has 5 rings (SSSR count). The number of fused-ring (bicyclic) bond motifs is 3. The maximum Gasteiger partial charge on any atom is 0.329 e. The number of anilines is 1. The third kappa shape index (κ3) is 2.54. The first-order valence-electron chi connectivity index (χ1n) is 9.39. The third-order valence-corrected chi connectivity index (χ3v) is 6.16. The van der Waals surface area contributed by atoms with Gasteiger partial charge in [0.05, 0.1) is 17.2 Å². The lowest BCUT2D eigenvalue weighted by Crippen LogP contribution is -2.38. The van der Waals surface area contributed by atoms with Gasteiger partial charge in [0.15, 0.2) is 5.78 Å². The number of hydrogen-bond acceptors (Lipinski definition) is 4. The Bertz CT molecular complexity index is 1400. The summed E-state index contributed by atoms with van der Waals surface area (Å²) in [7, 11) is 0. The van der Waals surface area contributed by atoms with E-state index in [2.05, 4.69) is 10.3 Å². The Morgan fingerprint density at radius 1 is 1.03 bits per heavy atom. The molecule has 2 aliphatic rings. The maximum absolute atomic E-state index is 13.4. The number of carbonyl (C=O) groups is 1. The molecule has 0 spiro atoms. The van der Waals surface area contributed by atoms with Crippen molar-refractivity contribution in [2.45, 2.75) is 19.4 Å². The van der Waals surface area contributed by atoms with Crippen molar-refractivity contribution in [1.82, 2.24) is 9.55 Å². The van der Waals surface area contributed by atoms with E-state index in [0.717, 1.165) is 5.56 Å². The molecule has 3 aromatic rings. The molecule has 1 aliphatic heterocycles. The van der Waals surface area contributed by atoms with Gasteiger partial charge in [-0.2, -0.15) is 0 Å². The van der Waals surface area contributed by atoms with Crippen molar-refractivity contribution in [2.24, 2.45) is 0 Å². The minimum Gasteiger partial charge on any atom is -0.340 e. The van der Waals surface area contributed by atoms with Gasteiger partial charge in [-0.3, -0.25) is 19.1 Å². The van der Waals surface area contributed by atoms with Crippen LogP contribution >= 0.6 is 23.2 Å². The first kappa shape index (κ1) is 18.9. The predicted molar refractivity (Wildman–Crippen MR) is 117 cm³/mol. The van der Waals surface area contributed by atoms with Gasteiger partial charge in [-0.05, 0) is 24.6 Å². The minimum atomic E-state index is -0.747. The molecule has 0 bridgehead atoms. The SMILES string of the molecule is CCn1c2c(c(=O)[nH]c1=O)[C@@H](c1ccc(Cl)cc1Cl)C1=C(N2)c2ccccc2C1=O. The molecule has 30 heavy (non-hydrogen) atoms. The van der Waals surface area contributed by atoms with Crippen LogP contribution in [-0.2, 0) is 6.54 Å². The smallest absolute Gasteiger partial charge is 0.329 e. The molecule has 150 valence electrons. The first-order chi connectivity index (χ1) is 14.4. The van der Waals surface area contributed by atoms with Crippen LogP contribution < -0.4 is 16.6 Å². The largest absolute Gasteiger partial charge is 0.340 e. The van der Waals surface area contributed by atoms with E-state index in [4.69, 9.17) is 23.2 Å². The fourth-order valence-electron chi connectivity index (χ4n) is 4.31. The number of ketones is 1. The van der Waals surface area contributed by atoms with Crippen LogP contribution in [0.15, 0.2) is 57.6 Å². The molecule has 2 aromatic carbocycles. The molecule has 2 heterocycles. The van der Waals surface area contributed by atoms with Crippen LogP contribution in [-0.4, -0.2) is 15.3 Å². The van der Waals surface area contributed by atoms with Gasteiger partial charge in [-0.15, -0.1) is 0 Å². The summed E-state index contributed by atoms with van der Waals surface area (Å²) in [5.41, 5.74) is 2.07. The molecular weight excluding hydrogens is 425 g/mol. The summed E-state index contributed by atoms with van der Waals surface area (Å²) in [6.07, 6.45) is 0. The van der Waals surface area contributed by atoms with Gasteiger partial charge < -0.3 is 5.32 Å². The fourth-order valence-corrected chi connectivity index (χ4v) is 4.83. The van der Waals surface area contributed by atoms with Gasteiger partial charge in [0, 0.05) is 33.3 Å². The monoisotopic (exact) mass is 439 g/mol. The van der Waals surface area contributed by atoms with Crippen molar-refractivity contribution < 1.29 is 4.79 Å². The highest BCUT2D eigenvalue weighted by Crippen LogP contribution is 2.49. The van der Waals surface area contributed by atoms with Gasteiger partial charge in [0.25, 0.3) is 5.56 Å². The van der Waals surface area contributed by atoms with Crippen LogP contribution in [0, 0.1) is 0 Å². The fraction of sp³-hybridized carbons (Fsp3) is 0.136. The number of aromatic amines is 1. The van der Waals surface area contributed by atoms with Gasteiger partial charge in [-0.25, -0.2) is 4.79 Å². The Hall–Kier alpha value is -3.09. The second-order valence-electron chi connectivity index (χ2n) is 7.15. The Labute approximate surface area is 180 Å². The molecular formula is C22H15Cl2N3O3. The average Bonchev–Trinajstić information content (AvgIpc) is 3.00. The lowest BCUT2D eigenvalue weighted by molar-refractivity contribution is 0.103. The van der Waals surface area contributed by atoms with E-state index in [1.54, 1.807) is 30.3 Å². The van der Waals surface area contributed by atoms with Crippen LogP contribution in [0.1, 0.15) is 39.9 Å². The molecule has 0 saturated carbocycles. The zero-order valence-corrected chi connectivity index (χ0v) is 17.3. The second-order valence-corrected chi connectivity index (χ2v) is 8.00. The van der Waals surface area contributed by atoms with E-state index >= 15 is 0 Å². The Morgan fingerprint density at radius 3 is 2.47 bits per heavy atom. The van der Waals surface area contributed by atoms with Gasteiger partial charge in [0.2, 0.25) is 0 Å². The highest BCUT2D eigenvalue weighted by Gasteiger charge is 2.43. The van der Waals surface area contributed by atoms with E-state index in [1.165, 1.54) is 4.57 Å². The second kappa shape index (κ2) is 6.72. The molecule has 1 atom stereocenters. The number of hydrogen-bond donors (Lipinski definition) is 2. The van der Waals surface area contributed by atoms with Crippen molar-refractivity contribution in [3.8, 4) is 0 Å². The van der Waals surface area contributed by atoms with E-state index in [0.29, 0.717) is 44.8 Å². The summed E-state index contributed by atoms with van der Waals surface area (Å²) in [6.45, 7) is 2.15. The summed E-state index contributed by atoms with van der Waals surface area (Å²) in [4.78, 5) is 41.2. The Kier molecular flexibility index (Phi) is 4.24. The van der Waals surface area contributed by atoms with E-state index in [1.807, 2.05) is 19.1 Å². The number of benzene rings is 2. The highest BCUT2D eigenvalue weighted by molar-refractivity contribution is 6.35. The standard InChI is InChI=1S/C22H15Cl2N3O3/c1-2-27-20-17(21(29)26-22(27)30)15(13-8-7-10(23)9-14(13)24)16-18(25-20)11-5-3-4-6-12(11)19(16)28/h3-9,15,25H,2H2,1H3,(H,26,29,30)/t15-/m0/s1. The zero-order chi connectivity index (χ0) is 21.2. The van der Waals surface area contributed by atoms with Crippen molar-refractivity contribution in [2.75, 3.05) is 5.32 Å². The number of Topliss-reactive ketones (excluding diaryl/α,β-unsaturated/α-hetero) is 1. The number of aromatic nitrogens is 2. The Morgan fingerprint density at radius 2 is 1.77 bits per heavy atom.